The van der Waals surface area contributed by atoms with Gasteiger partial charge in [-0.25, -0.2) is 13.2 Å². The zero-order valence-electron chi connectivity index (χ0n) is 12.3. The maximum Gasteiger partial charge on any atom is 0.418 e. The Morgan fingerprint density at radius 1 is 1.30 bits per heavy atom. The Bertz CT molecular complexity index is 695. The number of carbonyl (C=O) groups is 2. The third-order valence-electron chi connectivity index (χ3n) is 3.16. The Morgan fingerprint density at radius 2 is 1.91 bits per heavy atom. The predicted octanol–water partition coefficient (Wildman–Crippen LogP) is -2.81. The number of nitrogens with zero attached hydrogens (tertiary/aromatic N) is 2. The molecule has 12 nitrogen and oxygen atoms in total. The number of nitrogens with one attached hydrogen (secondary N) is 2. The number of piperidine rings is 1. The van der Waals surface area contributed by atoms with Gasteiger partial charge in [-0.05, 0) is 12.8 Å². The Kier molecular flexibility index (Phi) is 6.42. The number of hydrogen-bond acceptors (Lipinski definition) is 7. The van der Waals surface area contributed by atoms with E-state index in [9.17, 15) is 26.4 Å². The molecule has 1 radical (unpaired) electrons. The van der Waals surface area contributed by atoms with E-state index in [-0.39, 0.29) is 48.9 Å². The Hall–Kier alpha value is -0.480. The molecule has 23 heavy (non-hydrogen) atoms. The van der Waals surface area contributed by atoms with Crippen molar-refractivity contribution in [3.05, 3.63) is 0 Å². The number of rotatable bonds is 5. The summed E-state index contributed by atoms with van der Waals surface area (Å²) in [5, 5.41) is 0.493. The van der Waals surface area contributed by atoms with Crippen LogP contribution >= 0.6 is 0 Å². The minimum Gasteiger partial charge on any atom is -0.309 e. The van der Waals surface area contributed by atoms with Gasteiger partial charge in [-0.3, -0.25) is 14.8 Å². The number of carbonyl (C=O) groups excluding carboxylic acids is 2. The van der Waals surface area contributed by atoms with Crippen molar-refractivity contribution in [3.63, 3.8) is 0 Å². The first-order valence-corrected chi connectivity index (χ1v) is 9.27. The molecule has 2 heterocycles. The fourth-order valence-electron chi connectivity index (χ4n) is 2.33. The van der Waals surface area contributed by atoms with Crippen molar-refractivity contribution in [2.45, 2.75) is 24.9 Å². The van der Waals surface area contributed by atoms with Crippen molar-refractivity contribution in [2.75, 3.05) is 12.8 Å². The third-order valence-corrected chi connectivity index (χ3v) is 3.98. The normalized spacial score (nSPS) is 24.3. The standard InChI is InChI=1S/C8H14N4O8S2.Na/c1-21(15,16)10-9-7(13)6-3-2-5-4-11(6)8(14)12(5)20-22(17,18)19;/h5-6,10H,2-4H2,1H3,(H,9,13)(H,17,18,19);/t5-,6+;/m1./s1. The van der Waals surface area contributed by atoms with Gasteiger partial charge in [-0.1, -0.05) is 0 Å². The van der Waals surface area contributed by atoms with E-state index in [1.165, 1.54) is 0 Å². The molecule has 2 aliphatic rings. The van der Waals surface area contributed by atoms with Gasteiger partial charge in [0.15, 0.2) is 0 Å². The Balaban J connectivity index is 0.00000264. The van der Waals surface area contributed by atoms with Crippen LogP contribution in [0.3, 0.4) is 0 Å². The van der Waals surface area contributed by atoms with Gasteiger partial charge in [0.2, 0.25) is 10.0 Å². The first-order valence-electron chi connectivity index (χ1n) is 6.01. The molecule has 2 aliphatic heterocycles. The number of fused-ring (bicyclic) bond motifs is 2. The fourth-order valence-corrected chi connectivity index (χ4v) is 3.00. The molecule has 0 aromatic carbocycles. The van der Waals surface area contributed by atoms with Crippen molar-refractivity contribution in [1.82, 2.24) is 20.2 Å². The second-order valence-electron chi connectivity index (χ2n) is 4.87. The molecule has 2 bridgehead atoms. The number of hydrogen-bond donors (Lipinski definition) is 3. The zero-order valence-corrected chi connectivity index (χ0v) is 15.9. The van der Waals surface area contributed by atoms with E-state index in [4.69, 9.17) is 4.55 Å². The van der Waals surface area contributed by atoms with Gasteiger partial charge in [0, 0.05) is 36.1 Å². The summed E-state index contributed by atoms with van der Waals surface area (Å²) in [6, 6.07) is -2.51. The maximum atomic E-state index is 12.0. The van der Waals surface area contributed by atoms with Crippen LogP contribution in [0.2, 0.25) is 0 Å². The minimum atomic E-state index is -4.86. The van der Waals surface area contributed by atoms with E-state index in [0.717, 1.165) is 11.2 Å². The summed E-state index contributed by atoms with van der Waals surface area (Å²) in [7, 11) is -8.51. The van der Waals surface area contributed by atoms with Crippen molar-refractivity contribution in [1.29, 1.82) is 0 Å². The molecule has 2 fully saturated rings. The molecule has 2 atom stereocenters. The Labute approximate surface area is 154 Å². The molecule has 0 saturated carbocycles. The second kappa shape index (κ2) is 7.18. The van der Waals surface area contributed by atoms with Gasteiger partial charge in [0.25, 0.3) is 5.91 Å². The number of sulfonamides is 1. The van der Waals surface area contributed by atoms with Crippen molar-refractivity contribution >= 4 is 61.9 Å². The molecular formula is C8H14N4NaO8S2. The summed E-state index contributed by atoms with van der Waals surface area (Å²) >= 11 is 0. The van der Waals surface area contributed by atoms with Gasteiger partial charge in [-0.15, -0.1) is 9.11 Å². The van der Waals surface area contributed by atoms with Crippen LogP contribution in [0.15, 0.2) is 0 Å². The average Bonchev–Trinajstić information content (AvgIpc) is 2.59. The Morgan fingerprint density at radius 3 is 2.43 bits per heavy atom. The van der Waals surface area contributed by atoms with Crippen LogP contribution in [0.4, 0.5) is 4.79 Å². The van der Waals surface area contributed by atoms with Gasteiger partial charge in [-0.2, -0.15) is 13.5 Å². The van der Waals surface area contributed by atoms with Crippen LogP contribution in [0.25, 0.3) is 0 Å². The topological polar surface area (TPSA) is 162 Å². The second-order valence-corrected chi connectivity index (χ2v) is 7.63. The van der Waals surface area contributed by atoms with Crippen molar-refractivity contribution in [2.24, 2.45) is 0 Å². The number of amides is 3. The van der Waals surface area contributed by atoms with E-state index in [1.807, 2.05) is 5.43 Å². The van der Waals surface area contributed by atoms with Crippen molar-refractivity contribution < 1.29 is 35.3 Å². The zero-order chi connectivity index (χ0) is 16.7. The van der Waals surface area contributed by atoms with Crippen LogP contribution < -0.4 is 10.3 Å². The predicted molar refractivity (Wildman–Crippen MR) is 75.3 cm³/mol. The van der Waals surface area contributed by atoms with Crippen LogP contribution in [0, 0.1) is 0 Å². The molecule has 0 aromatic heterocycles. The first kappa shape index (κ1) is 20.6. The van der Waals surface area contributed by atoms with Gasteiger partial charge in [0.05, 0.1) is 12.3 Å². The largest absolute Gasteiger partial charge is 0.418 e. The molecule has 2 rings (SSSR count). The van der Waals surface area contributed by atoms with Gasteiger partial charge < -0.3 is 4.90 Å². The van der Waals surface area contributed by atoms with E-state index >= 15 is 0 Å². The molecule has 0 aromatic rings. The summed E-state index contributed by atoms with van der Waals surface area (Å²) < 4.78 is 56.1. The van der Waals surface area contributed by atoms with E-state index < -0.39 is 44.4 Å². The number of hydrazine groups is 1. The molecule has 2 saturated heterocycles. The summed E-state index contributed by atoms with van der Waals surface area (Å²) in [6.07, 6.45) is 1.26. The summed E-state index contributed by atoms with van der Waals surface area (Å²) in [6.45, 7) is 0.0192. The summed E-state index contributed by atoms with van der Waals surface area (Å²) in [4.78, 5) is 26.8. The minimum absolute atomic E-state index is 0. The average molecular weight is 381 g/mol. The maximum absolute atomic E-state index is 12.0. The molecule has 0 unspecified atom stereocenters. The van der Waals surface area contributed by atoms with E-state index in [1.54, 1.807) is 4.83 Å². The smallest absolute Gasteiger partial charge is 0.309 e. The SMILES string of the molecule is CS(=O)(=O)NNC(=O)[C@@H]1CC[C@@H]2CN1C(=O)N2OS(=O)(=O)O.[Na]. The van der Waals surface area contributed by atoms with Crippen molar-refractivity contribution in [3.8, 4) is 0 Å². The van der Waals surface area contributed by atoms with Crippen LogP contribution in [-0.4, -0.2) is 97.7 Å². The van der Waals surface area contributed by atoms with Crippen LogP contribution in [0.5, 0.6) is 0 Å². The molecule has 127 valence electrons. The van der Waals surface area contributed by atoms with Crippen LogP contribution in [0.1, 0.15) is 12.8 Å². The third kappa shape index (κ3) is 5.25. The molecule has 0 spiro atoms. The summed E-state index contributed by atoms with van der Waals surface area (Å²) in [5.74, 6) is -0.758. The van der Waals surface area contributed by atoms with Gasteiger partial charge in [0.1, 0.15) is 6.04 Å². The number of urea groups is 1. The van der Waals surface area contributed by atoms with E-state index in [0.29, 0.717) is 5.06 Å². The van der Waals surface area contributed by atoms with Crippen LogP contribution in [-0.2, 0) is 29.5 Å². The molecule has 0 aliphatic carbocycles. The summed E-state index contributed by atoms with van der Waals surface area (Å²) in [5.41, 5.74) is 1.96. The van der Waals surface area contributed by atoms with E-state index in [2.05, 4.69) is 4.28 Å². The molecular weight excluding hydrogens is 367 g/mol. The molecule has 3 amide bonds. The monoisotopic (exact) mass is 381 g/mol. The quantitative estimate of drug-likeness (QED) is 0.261. The fraction of sp³-hybridized carbons (Fsp3) is 0.750. The number of hydroxylamine groups is 2. The first-order chi connectivity index (χ1) is 9.98. The molecule has 3 N–H and O–H groups in total. The van der Waals surface area contributed by atoms with Gasteiger partial charge >= 0.3 is 16.4 Å². The molecule has 15 heteroatoms.